The Morgan fingerprint density at radius 3 is 2.55 bits per heavy atom. The first kappa shape index (κ1) is 15.8. The van der Waals surface area contributed by atoms with Gasteiger partial charge in [0.15, 0.2) is 11.5 Å². The molecular weight excluding hydrogens is 264 g/mol. The fourth-order valence-electron chi connectivity index (χ4n) is 1.66. The Hall–Kier alpha value is -2.28. The standard InChI is InChI=1S/C13H18N2O5/c1-15(7-12(18)20-2)13(19)9(14)5-8-3-4-10(16)11(17)6-8/h3-4,6,9,16-17H,5,7,14H2,1-2H3/t9-/m0/s1. The number of nitrogens with two attached hydrogens (primary N) is 1. The molecule has 7 heteroatoms. The third kappa shape index (κ3) is 4.13. The van der Waals surface area contributed by atoms with Crippen molar-refractivity contribution in [2.24, 2.45) is 5.73 Å². The van der Waals surface area contributed by atoms with Gasteiger partial charge in [0.25, 0.3) is 0 Å². The van der Waals surface area contributed by atoms with E-state index in [1.807, 2.05) is 0 Å². The van der Waals surface area contributed by atoms with Crippen LogP contribution in [0.1, 0.15) is 5.56 Å². The number of carbonyl (C=O) groups is 2. The first-order valence-electron chi connectivity index (χ1n) is 5.93. The molecule has 0 unspecified atom stereocenters. The Balaban J connectivity index is 2.65. The summed E-state index contributed by atoms with van der Waals surface area (Å²) < 4.78 is 4.46. The Labute approximate surface area is 116 Å². The Morgan fingerprint density at radius 2 is 2.00 bits per heavy atom. The highest BCUT2D eigenvalue weighted by Crippen LogP contribution is 2.25. The van der Waals surface area contributed by atoms with Crippen LogP contribution in [0.2, 0.25) is 0 Å². The molecule has 0 heterocycles. The molecule has 0 aromatic heterocycles. The largest absolute Gasteiger partial charge is 0.504 e. The van der Waals surface area contributed by atoms with E-state index in [1.54, 1.807) is 6.07 Å². The van der Waals surface area contributed by atoms with Crippen molar-refractivity contribution in [3.05, 3.63) is 23.8 Å². The number of carbonyl (C=O) groups excluding carboxylic acids is 2. The molecule has 110 valence electrons. The minimum absolute atomic E-state index is 0.177. The summed E-state index contributed by atoms with van der Waals surface area (Å²) in [5.74, 6) is -1.46. The number of phenols is 2. The molecule has 0 saturated carbocycles. The SMILES string of the molecule is COC(=O)CN(C)C(=O)[C@@H](N)Cc1ccc(O)c(O)c1. The molecule has 1 aromatic carbocycles. The highest BCUT2D eigenvalue weighted by molar-refractivity contribution is 5.85. The van der Waals surface area contributed by atoms with Crippen molar-refractivity contribution in [2.45, 2.75) is 12.5 Å². The number of aromatic hydroxyl groups is 2. The van der Waals surface area contributed by atoms with E-state index in [4.69, 9.17) is 5.73 Å². The van der Waals surface area contributed by atoms with Crippen LogP contribution < -0.4 is 5.73 Å². The van der Waals surface area contributed by atoms with Gasteiger partial charge in [0, 0.05) is 7.05 Å². The molecule has 1 amide bonds. The Kier molecular flexibility index (Phi) is 5.33. The fourth-order valence-corrected chi connectivity index (χ4v) is 1.66. The van der Waals surface area contributed by atoms with Gasteiger partial charge in [-0.3, -0.25) is 9.59 Å². The second-order valence-electron chi connectivity index (χ2n) is 4.40. The van der Waals surface area contributed by atoms with Gasteiger partial charge in [-0.1, -0.05) is 6.07 Å². The molecule has 0 saturated heterocycles. The summed E-state index contributed by atoms with van der Waals surface area (Å²) in [5, 5.41) is 18.6. The molecule has 0 spiro atoms. The van der Waals surface area contributed by atoms with Crippen LogP contribution in [0, 0.1) is 0 Å². The van der Waals surface area contributed by atoms with Gasteiger partial charge in [0.05, 0.1) is 13.2 Å². The summed E-state index contributed by atoms with van der Waals surface area (Å²) in [6.45, 7) is -0.177. The van der Waals surface area contributed by atoms with Crippen LogP contribution >= 0.6 is 0 Å². The minimum atomic E-state index is -0.853. The number of amides is 1. The lowest BCUT2D eigenvalue weighted by Crippen LogP contribution is -2.45. The van der Waals surface area contributed by atoms with Crippen LogP contribution in [0.3, 0.4) is 0 Å². The quantitative estimate of drug-likeness (QED) is 0.500. The van der Waals surface area contributed by atoms with Crippen molar-refractivity contribution in [1.29, 1.82) is 0 Å². The monoisotopic (exact) mass is 282 g/mol. The van der Waals surface area contributed by atoms with Crippen LogP contribution in [-0.2, 0) is 20.7 Å². The fraction of sp³-hybridized carbons (Fsp3) is 0.385. The molecule has 1 rings (SSSR count). The van der Waals surface area contributed by atoms with Crippen molar-refractivity contribution >= 4 is 11.9 Å². The van der Waals surface area contributed by atoms with Gasteiger partial charge in [-0.25, -0.2) is 0 Å². The molecule has 1 aromatic rings. The molecule has 7 nitrogen and oxygen atoms in total. The van der Waals surface area contributed by atoms with Crippen molar-refractivity contribution in [3.63, 3.8) is 0 Å². The second kappa shape index (κ2) is 6.76. The average molecular weight is 282 g/mol. The molecule has 0 aliphatic rings. The Bertz CT molecular complexity index is 504. The number of hydrogen-bond donors (Lipinski definition) is 3. The van der Waals surface area contributed by atoms with Gasteiger partial charge in [-0.2, -0.15) is 0 Å². The van der Waals surface area contributed by atoms with Gasteiger partial charge in [-0.15, -0.1) is 0 Å². The predicted octanol–water partition coefficient (Wildman–Crippen LogP) is -0.401. The van der Waals surface area contributed by atoms with E-state index in [0.717, 1.165) is 0 Å². The molecule has 0 fully saturated rings. The second-order valence-corrected chi connectivity index (χ2v) is 4.40. The van der Waals surface area contributed by atoms with Crippen LogP contribution in [0.5, 0.6) is 11.5 Å². The maximum atomic E-state index is 11.9. The number of likely N-dealkylation sites (N-methyl/N-ethyl adjacent to an activating group) is 1. The molecule has 0 aliphatic carbocycles. The maximum Gasteiger partial charge on any atom is 0.325 e. The normalized spacial score (nSPS) is 11.8. The zero-order valence-electron chi connectivity index (χ0n) is 11.4. The van der Waals surface area contributed by atoms with Crippen LogP contribution in [0.15, 0.2) is 18.2 Å². The van der Waals surface area contributed by atoms with Crippen molar-refractivity contribution in [1.82, 2.24) is 4.90 Å². The highest BCUT2D eigenvalue weighted by Gasteiger charge is 2.20. The first-order chi connectivity index (χ1) is 9.35. The minimum Gasteiger partial charge on any atom is -0.504 e. The van der Waals surface area contributed by atoms with E-state index in [1.165, 1.54) is 31.2 Å². The number of methoxy groups -OCH3 is 1. The average Bonchev–Trinajstić information content (AvgIpc) is 2.41. The van der Waals surface area contributed by atoms with Crippen molar-refractivity contribution in [2.75, 3.05) is 20.7 Å². The van der Waals surface area contributed by atoms with E-state index in [2.05, 4.69) is 4.74 Å². The predicted molar refractivity (Wildman–Crippen MR) is 71.1 cm³/mol. The lowest BCUT2D eigenvalue weighted by Gasteiger charge is -2.20. The summed E-state index contributed by atoms with van der Waals surface area (Å²) in [7, 11) is 2.69. The number of rotatable bonds is 5. The molecule has 0 radical (unpaired) electrons. The van der Waals surface area contributed by atoms with Gasteiger partial charge in [-0.05, 0) is 24.1 Å². The number of nitrogens with zero attached hydrogens (tertiary/aromatic N) is 1. The van der Waals surface area contributed by atoms with E-state index in [9.17, 15) is 19.8 Å². The number of benzene rings is 1. The smallest absolute Gasteiger partial charge is 0.325 e. The first-order valence-corrected chi connectivity index (χ1v) is 5.93. The van der Waals surface area contributed by atoms with Gasteiger partial charge >= 0.3 is 5.97 Å². The molecular formula is C13H18N2O5. The summed E-state index contributed by atoms with van der Waals surface area (Å²) in [4.78, 5) is 24.2. The summed E-state index contributed by atoms with van der Waals surface area (Å²) in [6, 6.07) is 3.36. The molecule has 1 atom stereocenters. The maximum absolute atomic E-state index is 11.9. The summed E-state index contributed by atoms with van der Waals surface area (Å²) in [6.07, 6.45) is 0.179. The van der Waals surface area contributed by atoms with Crippen LogP contribution in [0.25, 0.3) is 0 Å². The van der Waals surface area contributed by atoms with Crippen LogP contribution in [0.4, 0.5) is 0 Å². The van der Waals surface area contributed by atoms with Gasteiger partial charge in [0.1, 0.15) is 6.54 Å². The lowest BCUT2D eigenvalue weighted by molar-refractivity contribution is -0.146. The zero-order valence-corrected chi connectivity index (χ0v) is 11.4. The summed E-state index contributed by atoms with van der Waals surface area (Å²) in [5.41, 5.74) is 6.37. The zero-order chi connectivity index (χ0) is 15.3. The van der Waals surface area contributed by atoms with Gasteiger partial charge in [0.2, 0.25) is 5.91 Å². The lowest BCUT2D eigenvalue weighted by atomic mass is 10.0. The Morgan fingerprint density at radius 1 is 1.35 bits per heavy atom. The van der Waals surface area contributed by atoms with E-state index < -0.39 is 17.9 Å². The van der Waals surface area contributed by atoms with E-state index in [-0.39, 0.29) is 24.5 Å². The van der Waals surface area contributed by atoms with Crippen LogP contribution in [-0.4, -0.2) is 53.7 Å². The number of esters is 1. The molecule has 0 aliphatic heterocycles. The van der Waals surface area contributed by atoms with Gasteiger partial charge < -0.3 is 25.6 Å². The van der Waals surface area contributed by atoms with E-state index in [0.29, 0.717) is 5.56 Å². The molecule has 4 N–H and O–H groups in total. The molecule has 20 heavy (non-hydrogen) atoms. The number of ether oxygens (including phenoxy) is 1. The van der Waals surface area contributed by atoms with Crippen molar-refractivity contribution < 1.29 is 24.5 Å². The molecule has 0 bridgehead atoms. The summed E-state index contributed by atoms with van der Waals surface area (Å²) >= 11 is 0. The topological polar surface area (TPSA) is 113 Å². The highest BCUT2D eigenvalue weighted by atomic mass is 16.5. The van der Waals surface area contributed by atoms with E-state index >= 15 is 0 Å². The third-order valence-electron chi connectivity index (χ3n) is 2.78. The van der Waals surface area contributed by atoms with Crippen molar-refractivity contribution in [3.8, 4) is 11.5 Å². The number of hydrogen-bond acceptors (Lipinski definition) is 6. The number of phenolic OH excluding ortho intramolecular Hbond substituents is 2. The third-order valence-corrected chi connectivity index (χ3v) is 2.78.